The highest BCUT2D eigenvalue weighted by atomic mass is 32.1. The van der Waals surface area contributed by atoms with Crippen LogP contribution >= 0.6 is 11.3 Å². The first kappa shape index (κ1) is 13.1. The fourth-order valence-electron chi connectivity index (χ4n) is 2.41. The first-order valence-electron chi connectivity index (χ1n) is 6.73. The molecule has 0 bridgehead atoms. The van der Waals surface area contributed by atoms with Gasteiger partial charge in [0.05, 0.1) is 15.4 Å². The molecule has 0 radical (unpaired) electrons. The van der Waals surface area contributed by atoms with E-state index in [0.717, 1.165) is 34.7 Å². The lowest BCUT2D eigenvalue weighted by atomic mass is 9.87. The van der Waals surface area contributed by atoms with Gasteiger partial charge in [-0.3, -0.25) is 9.89 Å². The molecule has 0 fully saturated rings. The van der Waals surface area contributed by atoms with Crippen LogP contribution in [-0.4, -0.2) is 21.6 Å². The second kappa shape index (κ2) is 5.25. The standard InChI is InChI=1S/C15H17N3OS/c1-15(8-3-2-4-9-15)17-14(19)13-6-5-12(20-13)11-7-10-16-18-11/h2-3,5-7,10H,4,8-9H2,1H3,(H,16,18)(H,17,19). The van der Waals surface area contributed by atoms with Gasteiger partial charge in [0.15, 0.2) is 0 Å². The highest BCUT2D eigenvalue weighted by Gasteiger charge is 2.27. The van der Waals surface area contributed by atoms with Crippen LogP contribution in [0.5, 0.6) is 0 Å². The molecule has 4 nitrogen and oxygen atoms in total. The summed E-state index contributed by atoms with van der Waals surface area (Å²) in [5.74, 6) is 0.0126. The maximum Gasteiger partial charge on any atom is 0.261 e. The summed E-state index contributed by atoms with van der Waals surface area (Å²) >= 11 is 1.48. The first-order chi connectivity index (χ1) is 9.66. The SMILES string of the molecule is CC1(NC(=O)c2ccc(-c3ccn[nH]3)s2)CC=CCC1. The second-order valence-corrected chi connectivity index (χ2v) is 6.45. The Morgan fingerprint density at radius 2 is 2.30 bits per heavy atom. The van der Waals surface area contributed by atoms with E-state index in [9.17, 15) is 4.79 Å². The van der Waals surface area contributed by atoms with Gasteiger partial charge in [-0.15, -0.1) is 11.3 Å². The molecule has 1 amide bonds. The minimum absolute atomic E-state index is 0.0126. The van der Waals surface area contributed by atoms with Crippen molar-refractivity contribution in [2.45, 2.75) is 31.7 Å². The van der Waals surface area contributed by atoms with E-state index in [-0.39, 0.29) is 11.4 Å². The van der Waals surface area contributed by atoms with Gasteiger partial charge >= 0.3 is 0 Å². The van der Waals surface area contributed by atoms with Crippen LogP contribution in [0.1, 0.15) is 35.9 Å². The number of hydrogen-bond acceptors (Lipinski definition) is 3. The molecule has 1 atom stereocenters. The van der Waals surface area contributed by atoms with Crippen LogP contribution in [0.3, 0.4) is 0 Å². The minimum Gasteiger partial charge on any atom is -0.346 e. The smallest absolute Gasteiger partial charge is 0.261 e. The average molecular weight is 287 g/mol. The van der Waals surface area contributed by atoms with Crippen molar-refractivity contribution >= 4 is 17.2 Å². The van der Waals surface area contributed by atoms with Crippen molar-refractivity contribution in [3.8, 4) is 10.6 Å². The van der Waals surface area contributed by atoms with Gasteiger partial charge in [0.1, 0.15) is 0 Å². The number of H-pyrrole nitrogens is 1. The summed E-state index contributed by atoms with van der Waals surface area (Å²) in [7, 11) is 0. The summed E-state index contributed by atoms with van der Waals surface area (Å²) in [4.78, 5) is 14.1. The molecule has 2 heterocycles. The lowest BCUT2D eigenvalue weighted by molar-refractivity contribution is 0.0905. The van der Waals surface area contributed by atoms with Crippen molar-refractivity contribution in [1.82, 2.24) is 15.5 Å². The van der Waals surface area contributed by atoms with Crippen LogP contribution in [0.25, 0.3) is 10.6 Å². The third-order valence-corrected chi connectivity index (χ3v) is 4.73. The van der Waals surface area contributed by atoms with E-state index in [0.29, 0.717) is 0 Å². The zero-order chi connectivity index (χ0) is 14.0. The fraction of sp³-hybridized carbons (Fsp3) is 0.333. The molecule has 5 heteroatoms. The molecular weight excluding hydrogens is 270 g/mol. The highest BCUT2D eigenvalue weighted by molar-refractivity contribution is 7.17. The van der Waals surface area contributed by atoms with E-state index in [1.807, 2.05) is 18.2 Å². The quantitative estimate of drug-likeness (QED) is 0.850. The third-order valence-electron chi connectivity index (χ3n) is 3.61. The Balaban J connectivity index is 1.73. The van der Waals surface area contributed by atoms with Gasteiger partial charge in [-0.2, -0.15) is 5.10 Å². The van der Waals surface area contributed by atoms with E-state index in [1.54, 1.807) is 6.20 Å². The Morgan fingerprint density at radius 1 is 1.40 bits per heavy atom. The minimum atomic E-state index is -0.121. The van der Waals surface area contributed by atoms with Crippen LogP contribution in [0.4, 0.5) is 0 Å². The Kier molecular flexibility index (Phi) is 3.44. The number of rotatable bonds is 3. The van der Waals surface area contributed by atoms with Crippen molar-refractivity contribution in [2.24, 2.45) is 0 Å². The summed E-state index contributed by atoms with van der Waals surface area (Å²) in [5, 5.41) is 10.0. The summed E-state index contributed by atoms with van der Waals surface area (Å²) in [5.41, 5.74) is 0.824. The molecule has 0 aromatic carbocycles. The van der Waals surface area contributed by atoms with Crippen molar-refractivity contribution in [3.05, 3.63) is 41.4 Å². The van der Waals surface area contributed by atoms with Crippen molar-refractivity contribution in [3.63, 3.8) is 0 Å². The van der Waals surface area contributed by atoms with Gasteiger partial charge in [-0.05, 0) is 44.4 Å². The van der Waals surface area contributed by atoms with Crippen molar-refractivity contribution in [1.29, 1.82) is 0 Å². The molecule has 1 unspecified atom stereocenters. The number of amides is 1. The van der Waals surface area contributed by atoms with E-state index in [4.69, 9.17) is 0 Å². The molecular formula is C15H17N3OS. The summed E-state index contributed by atoms with van der Waals surface area (Å²) in [6, 6.07) is 5.73. The van der Waals surface area contributed by atoms with E-state index >= 15 is 0 Å². The molecule has 1 aliphatic carbocycles. The van der Waals surface area contributed by atoms with E-state index in [2.05, 4.69) is 34.6 Å². The van der Waals surface area contributed by atoms with Gasteiger partial charge in [0.2, 0.25) is 0 Å². The summed E-state index contributed by atoms with van der Waals surface area (Å²) in [6.07, 6.45) is 8.96. The Bertz CT molecular complexity index is 629. The number of aromatic amines is 1. The molecule has 104 valence electrons. The monoisotopic (exact) mass is 287 g/mol. The molecule has 3 rings (SSSR count). The lowest BCUT2D eigenvalue weighted by Gasteiger charge is -2.31. The Hall–Kier alpha value is -1.88. The van der Waals surface area contributed by atoms with Crippen molar-refractivity contribution in [2.75, 3.05) is 0 Å². The van der Waals surface area contributed by atoms with Gasteiger partial charge < -0.3 is 5.32 Å². The van der Waals surface area contributed by atoms with Crippen molar-refractivity contribution < 1.29 is 4.79 Å². The number of carbonyl (C=O) groups excluding carboxylic acids is 1. The molecule has 2 aromatic heterocycles. The first-order valence-corrected chi connectivity index (χ1v) is 7.55. The van der Waals surface area contributed by atoms with Crippen LogP contribution in [-0.2, 0) is 0 Å². The molecule has 2 N–H and O–H groups in total. The van der Waals surface area contributed by atoms with Crippen LogP contribution < -0.4 is 5.32 Å². The molecule has 0 aliphatic heterocycles. The van der Waals surface area contributed by atoms with Crippen LogP contribution in [0.15, 0.2) is 36.5 Å². The Labute approximate surface area is 121 Å². The number of hydrogen-bond donors (Lipinski definition) is 2. The number of allylic oxidation sites excluding steroid dienone is 1. The van der Waals surface area contributed by atoms with E-state index in [1.165, 1.54) is 11.3 Å². The molecule has 0 saturated heterocycles. The fourth-order valence-corrected chi connectivity index (χ4v) is 3.29. The summed E-state index contributed by atoms with van der Waals surface area (Å²) in [6.45, 7) is 2.11. The number of thiophene rings is 1. The predicted octanol–water partition coefficient (Wildman–Crippen LogP) is 3.37. The predicted molar refractivity (Wildman–Crippen MR) is 80.8 cm³/mol. The topological polar surface area (TPSA) is 57.8 Å². The second-order valence-electron chi connectivity index (χ2n) is 5.36. The largest absolute Gasteiger partial charge is 0.346 e. The van der Waals surface area contributed by atoms with Crippen LogP contribution in [0.2, 0.25) is 0 Å². The maximum absolute atomic E-state index is 12.4. The van der Waals surface area contributed by atoms with Gasteiger partial charge in [0.25, 0.3) is 5.91 Å². The van der Waals surface area contributed by atoms with E-state index < -0.39 is 0 Å². The summed E-state index contributed by atoms with van der Waals surface area (Å²) < 4.78 is 0. The lowest BCUT2D eigenvalue weighted by Crippen LogP contribution is -2.46. The number of carbonyl (C=O) groups is 1. The third kappa shape index (κ3) is 2.67. The van der Waals surface area contributed by atoms with Gasteiger partial charge in [-0.1, -0.05) is 12.2 Å². The van der Waals surface area contributed by atoms with Gasteiger partial charge in [0, 0.05) is 11.7 Å². The number of aromatic nitrogens is 2. The normalized spacial score (nSPS) is 21.9. The number of nitrogens with zero attached hydrogens (tertiary/aromatic N) is 1. The van der Waals surface area contributed by atoms with Gasteiger partial charge in [-0.25, -0.2) is 0 Å². The average Bonchev–Trinajstić information content (AvgIpc) is 3.10. The molecule has 20 heavy (non-hydrogen) atoms. The molecule has 2 aromatic rings. The van der Waals surface area contributed by atoms with Crippen LogP contribution in [0, 0.1) is 0 Å². The highest BCUT2D eigenvalue weighted by Crippen LogP contribution is 2.28. The zero-order valence-electron chi connectivity index (χ0n) is 11.3. The Morgan fingerprint density at radius 3 is 3.00 bits per heavy atom. The maximum atomic E-state index is 12.4. The zero-order valence-corrected chi connectivity index (χ0v) is 12.2. The number of nitrogens with one attached hydrogen (secondary N) is 2. The molecule has 0 saturated carbocycles. The molecule has 0 spiro atoms. The molecule has 1 aliphatic rings.